The quantitative estimate of drug-likeness (QED) is 0.718. The van der Waals surface area contributed by atoms with Gasteiger partial charge in [-0.15, -0.1) is 11.8 Å². The lowest BCUT2D eigenvalue weighted by Crippen LogP contribution is -2.49. The van der Waals surface area contributed by atoms with Crippen LogP contribution in [0.5, 0.6) is 0 Å². The summed E-state index contributed by atoms with van der Waals surface area (Å²) >= 11 is 1.45. The van der Waals surface area contributed by atoms with Crippen molar-refractivity contribution in [3.05, 3.63) is 0 Å². The van der Waals surface area contributed by atoms with Crippen LogP contribution in [0.2, 0.25) is 0 Å². The molecule has 0 aliphatic carbocycles. The van der Waals surface area contributed by atoms with Crippen molar-refractivity contribution in [2.45, 2.75) is 31.8 Å². The highest BCUT2D eigenvalue weighted by molar-refractivity contribution is 7.99. The van der Waals surface area contributed by atoms with Crippen LogP contribution in [0.1, 0.15) is 19.8 Å². The zero-order valence-electron chi connectivity index (χ0n) is 8.68. The van der Waals surface area contributed by atoms with Gasteiger partial charge in [-0.3, -0.25) is 4.79 Å². The maximum atomic E-state index is 11.8. The molecule has 6 heteroatoms. The molecule has 0 aromatic carbocycles. The second-order valence-corrected chi connectivity index (χ2v) is 4.56. The summed E-state index contributed by atoms with van der Waals surface area (Å²) < 4.78 is 0. The van der Waals surface area contributed by atoms with Gasteiger partial charge in [0.25, 0.3) is 0 Å². The van der Waals surface area contributed by atoms with E-state index in [4.69, 9.17) is 10.8 Å². The van der Waals surface area contributed by atoms with Crippen molar-refractivity contribution in [2.24, 2.45) is 5.73 Å². The highest BCUT2D eigenvalue weighted by atomic mass is 32.2. The number of carbonyl (C=O) groups is 2. The summed E-state index contributed by atoms with van der Waals surface area (Å²) in [5.41, 5.74) is 5.68. The third-order valence-electron chi connectivity index (χ3n) is 2.37. The van der Waals surface area contributed by atoms with E-state index in [0.29, 0.717) is 18.1 Å². The molecule has 1 rings (SSSR count). The van der Waals surface area contributed by atoms with Gasteiger partial charge in [0.1, 0.15) is 6.04 Å². The van der Waals surface area contributed by atoms with E-state index in [1.165, 1.54) is 16.7 Å². The van der Waals surface area contributed by atoms with Gasteiger partial charge in [0.15, 0.2) is 0 Å². The van der Waals surface area contributed by atoms with E-state index >= 15 is 0 Å². The summed E-state index contributed by atoms with van der Waals surface area (Å²) in [6, 6.07) is -1.26. The lowest BCUT2D eigenvalue weighted by molar-refractivity contribution is -0.148. The third kappa shape index (κ3) is 2.85. The molecule has 0 saturated carbocycles. The average Bonchev–Trinajstić information content (AvgIpc) is 2.65. The van der Waals surface area contributed by atoms with Crippen LogP contribution in [0.3, 0.4) is 0 Å². The fourth-order valence-electron chi connectivity index (χ4n) is 1.51. The Morgan fingerprint density at radius 3 is 2.87 bits per heavy atom. The Bertz CT molecular complexity index is 260. The van der Waals surface area contributed by atoms with Crippen molar-refractivity contribution in [1.29, 1.82) is 0 Å². The summed E-state index contributed by atoms with van der Waals surface area (Å²) in [5, 5.41) is 8.90. The molecule has 1 unspecified atom stereocenters. The van der Waals surface area contributed by atoms with Gasteiger partial charge in [-0.05, 0) is 6.42 Å². The minimum Gasteiger partial charge on any atom is -0.480 e. The van der Waals surface area contributed by atoms with Gasteiger partial charge in [0.2, 0.25) is 5.91 Å². The largest absolute Gasteiger partial charge is 0.480 e. The van der Waals surface area contributed by atoms with Gasteiger partial charge in [-0.1, -0.05) is 13.3 Å². The van der Waals surface area contributed by atoms with Crippen molar-refractivity contribution in [3.63, 3.8) is 0 Å². The van der Waals surface area contributed by atoms with E-state index in [9.17, 15) is 9.59 Å². The minimum absolute atomic E-state index is 0.241. The van der Waals surface area contributed by atoms with Gasteiger partial charge in [0, 0.05) is 5.75 Å². The summed E-state index contributed by atoms with van der Waals surface area (Å²) in [7, 11) is 0. The number of amides is 1. The number of rotatable bonds is 4. The van der Waals surface area contributed by atoms with Crippen molar-refractivity contribution >= 4 is 23.6 Å². The molecule has 1 amide bonds. The van der Waals surface area contributed by atoms with Crippen LogP contribution in [0.15, 0.2) is 0 Å². The first kappa shape index (κ1) is 12.3. The van der Waals surface area contributed by atoms with E-state index in [0.717, 1.165) is 6.42 Å². The zero-order valence-corrected chi connectivity index (χ0v) is 9.50. The summed E-state index contributed by atoms with van der Waals surface area (Å²) in [6.07, 6.45) is 1.43. The van der Waals surface area contributed by atoms with E-state index < -0.39 is 18.1 Å². The van der Waals surface area contributed by atoms with Crippen molar-refractivity contribution in [3.8, 4) is 0 Å². The monoisotopic (exact) mass is 232 g/mol. The molecule has 0 radical (unpaired) electrons. The normalized spacial score (nSPS) is 22.8. The topological polar surface area (TPSA) is 83.6 Å². The number of carboxylic acid groups (broad SMARTS) is 1. The Balaban J connectivity index is 2.62. The number of hydrogen-bond acceptors (Lipinski definition) is 4. The number of aliphatic carboxylic acids is 1. The SMILES string of the molecule is CCC[C@@H](N)C(=O)N1CSCC1C(=O)O. The summed E-state index contributed by atoms with van der Waals surface area (Å²) in [6.45, 7) is 1.94. The van der Waals surface area contributed by atoms with Crippen LogP contribution >= 0.6 is 11.8 Å². The molecular weight excluding hydrogens is 216 g/mol. The Morgan fingerprint density at radius 2 is 2.33 bits per heavy atom. The number of carboxylic acids is 1. The van der Waals surface area contributed by atoms with Gasteiger partial charge in [-0.25, -0.2) is 4.79 Å². The maximum Gasteiger partial charge on any atom is 0.327 e. The predicted octanol–water partition coefficient (Wildman–Crippen LogP) is 0.0999. The molecule has 15 heavy (non-hydrogen) atoms. The molecule has 2 atom stereocenters. The fourth-order valence-corrected chi connectivity index (χ4v) is 2.67. The second-order valence-electron chi connectivity index (χ2n) is 3.56. The number of carbonyl (C=O) groups excluding carboxylic acids is 1. The molecule has 5 nitrogen and oxygen atoms in total. The van der Waals surface area contributed by atoms with E-state index in [1.807, 2.05) is 6.92 Å². The molecule has 0 aromatic rings. The Kier molecular flexibility index (Phi) is 4.41. The van der Waals surface area contributed by atoms with Crippen LogP contribution < -0.4 is 5.73 Å². The number of nitrogens with zero attached hydrogens (tertiary/aromatic N) is 1. The zero-order chi connectivity index (χ0) is 11.4. The van der Waals surface area contributed by atoms with Gasteiger partial charge in [0.05, 0.1) is 11.9 Å². The van der Waals surface area contributed by atoms with Crippen molar-refractivity contribution in [1.82, 2.24) is 4.90 Å². The van der Waals surface area contributed by atoms with Crippen LogP contribution in [0.25, 0.3) is 0 Å². The molecule has 1 aliphatic heterocycles. The molecule has 1 saturated heterocycles. The minimum atomic E-state index is -0.947. The first-order valence-corrected chi connectivity index (χ1v) is 6.10. The molecule has 86 valence electrons. The lowest BCUT2D eigenvalue weighted by Gasteiger charge is -2.23. The molecule has 3 N–H and O–H groups in total. The van der Waals surface area contributed by atoms with E-state index in [1.54, 1.807) is 0 Å². The van der Waals surface area contributed by atoms with Gasteiger partial charge in [-0.2, -0.15) is 0 Å². The summed E-state index contributed by atoms with van der Waals surface area (Å²) in [4.78, 5) is 24.0. The molecule has 1 heterocycles. The Morgan fingerprint density at radius 1 is 1.67 bits per heavy atom. The Hall–Kier alpha value is -0.750. The molecule has 0 spiro atoms. The molecule has 1 fully saturated rings. The van der Waals surface area contributed by atoms with E-state index in [-0.39, 0.29) is 5.91 Å². The van der Waals surface area contributed by atoms with Crippen molar-refractivity contribution < 1.29 is 14.7 Å². The highest BCUT2D eigenvalue weighted by Gasteiger charge is 2.36. The van der Waals surface area contributed by atoms with Crippen LogP contribution in [-0.2, 0) is 9.59 Å². The van der Waals surface area contributed by atoms with Crippen LogP contribution in [0, 0.1) is 0 Å². The highest BCUT2D eigenvalue weighted by Crippen LogP contribution is 2.22. The number of thioether (sulfide) groups is 1. The molecular formula is C9H16N2O3S. The number of hydrogen-bond donors (Lipinski definition) is 2. The first-order chi connectivity index (χ1) is 7.07. The second kappa shape index (κ2) is 5.37. The molecule has 0 bridgehead atoms. The standard InChI is InChI=1S/C9H16N2O3S/c1-2-3-6(10)8(12)11-5-15-4-7(11)9(13)14/h6-7H,2-5,10H2,1H3,(H,13,14)/t6-,7?/m1/s1. The van der Waals surface area contributed by atoms with Crippen molar-refractivity contribution in [2.75, 3.05) is 11.6 Å². The average molecular weight is 232 g/mol. The molecule has 1 aliphatic rings. The number of nitrogens with two attached hydrogens (primary N) is 1. The maximum absolute atomic E-state index is 11.8. The summed E-state index contributed by atoms with van der Waals surface area (Å²) in [5.74, 6) is -0.293. The predicted molar refractivity (Wildman–Crippen MR) is 58.5 cm³/mol. The van der Waals surface area contributed by atoms with Crippen LogP contribution in [0.4, 0.5) is 0 Å². The van der Waals surface area contributed by atoms with Gasteiger partial charge >= 0.3 is 5.97 Å². The first-order valence-electron chi connectivity index (χ1n) is 4.94. The third-order valence-corrected chi connectivity index (χ3v) is 3.38. The fraction of sp³-hybridized carbons (Fsp3) is 0.778. The Labute approximate surface area is 93.0 Å². The van der Waals surface area contributed by atoms with Crippen LogP contribution in [-0.4, -0.2) is 45.6 Å². The molecule has 0 aromatic heterocycles. The van der Waals surface area contributed by atoms with E-state index in [2.05, 4.69) is 0 Å². The lowest BCUT2D eigenvalue weighted by atomic mass is 10.1. The smallest absolute Gasteiger partial charge is 0.327 e. The van der Waals surface area contributed by atoms with Gasteiger partial charge < -0.3 is 15.7 Å².